The third-order valence-corrected chi connectivity index (χ3v) is 13.2. The van der Waals surface area contributed by atoms with Crippen LogP contribution in [0.3, 0.4) is 0 Å². The molecule has 6 heterocycles. The zero-order valence-corrected chi connectivity index (χ0v) is 38.8. The van der Waals surface area contributed by atoms with Crippen molar-refractivity contribution in [2.24, 2.45) is 0 Å². The molecule has 2 amide bonds. The van der Waals surface area contributed by atoms with Crippen LogP contribution in [-0.4, -0.2) is 316 Å². The summed E-state index contributed by atoms with van der Waals surface area (Å²) >= 11 is 0. The predicted octanol–water partition coefficient (Wildman–Crippen LogP) is -12.8. The minimum Gasteiger partial charge on any atom is -0.394 e. The second kappa shape index (κ2) is 25.3. The summed E-state index contributed by atoms with van der Waals surface area (Å²) in [5, 5.41) is 188. The second-order valence-corrected chi connectivity index (χ2v) is 18.2. The highest BCUT2D eigenvalue weighted by Crippen LogP contribution is 2.37. The number of aliphatic hydroxyl groups excluding tert-OH is 17. The van der Waals surface area contributed by atoms with Crippen LogP contribution in [0.4, 0.5) is 0 Å². The molecule has 6 fully saturated rings. The van der Waals surface area contributed by atoms with Crippen molar-refractivity contribution < 1.29 is 149 Å². The van der Waals surface area contributed by atoms with E-state index in [-0.39, 0.29) is 0 Å². The van der Waals surface area contributed by atoms with Gasteiger partial charge < -0.3 is 150 Å². The van der Waals surface area contributed by atoms with Gasteiger partial charge in [-0.1, -0.05) is 0 Å². The SMILES string of the molecule is CC(=O)N[C@H]1[C@H](O[C@H]2[C@@H](O)[C@@H](CO)O[C@H](O[C@@H]3[C@H](O)[C@@H](O)[C@H](O[C@H]4[C@H](O)[C@@H](NC(C)=O)C(O)O[C@@H]4CO)O[C@@H]3CO)[C@@H]2O)O[C@H](CO)[C@H](O)[C@@H]1O[C@@H]1O[C@H](CO)[C@H](O)[C@H](O)[C@H]1O[C@@H]1O[C@@H](C)[C@@H](O)[C@@H](O)[C@@H]1O. The minimum atomic E-state index is -2.22. The zero-order chi connectivity index (χ0) is 53.2. The number of hydrogen-bond donors (Lipinski definition) is 19. The lowest BCUT2D eigenvalue weighted by atomic mass is 9.94. The van der Waals surface area contributed by atoms with Gasteiger partial charge in [-0.15, -0.1) is 0 Å². The standard InChI is InChI=1S/C40H68N2O30/c1-9-19(50)24(55)27(58)37(62-9)72-34-25(56)20(51)12(4-43)66-40(34)70-32-18(42-11(3)49)36(64-13(5-44)21(32)52)71-33-22(53)14(6-45)65-39(29(33)60)69-31-16(8-47)67-38(28(59)26(31)57)68-30-15(7-46)63-35(61)17(23(30)54)41-10(2)48/h9,12-40,43-47,50-61H,4-8H2,1-3H3,(H,41,48)(H,42,49)/t9-,12+,13+,14+,15+,16+,17+,18+,19+,20-,21-,22-,23+,24+,25-,26+,27-,28+,29+,30+,31-,32+,33-,34+,35?,36-,37-,38-,39+,40-/m0/s1. The summed E-state index contributed by atoms with van der Waals surface area (Å²) in [6, 6.07) is -3.30. The van der Waals surface area contributed by atoms with Crippen molar-refractivity contribution in [2.75, 3.05) is 33.0 Å². The highest BCUT2D eigenvalue weighted by atomic mass is 16.8. The maximum atomic E-state index is 12.8. The Balaban J connectivity index is 1.23. The molecule has 6 aliphatic heterocycles. The summed E-state index contributed by atoms with van der Waals surface area (Å²) in [5.74, 6) is -1.57. The van der Waals surface area contributed by atoms with E-state index in [2.05, 4.69) is 10.6 Å². The van der Waals surface area contributed by atoms with E-state index < -0.39 is 229 Å². The van der Waals surface area contributed by atoms with Crippen molar-refractivity contribution in [3.63, 3.8) is 0 Å². The van der Waals surface area contributed by atoms with Crippen LogP contribution in [0.15, 0.2) is 0 Å². The molecule has 30 atom stereocenters. The summed E-state index contributed by atoms with van der Waals surface area (Å²) in [4.78, 5) is 24.5. The quantitative estimate of drug-likeness (QED) is 0.0643. The van der Waals surface area contributed by atoms with Crippen LogP contribution in [0.25, 0.3) is 0 Å². The number of carbonyl (C=O) groups excluding carboxylic acids is 2. The average Bonchev–Trinajstić information content (AvgIpc) is 3.34. The van der Waals surface area contributed by atoms with Crippen molar-refractivity contribution in [3.8, 4) is 0 Å². The van der Waals surface area contributed by atoms with Gasteiger partial charge in [0.15, 0.2) is 37.7 Å². The van der Waals surface area contributed by atoms with Crippen molar-refractivity contribution in [3.05, 3.63) is 0 Å². The van der Waals surface area contributed by atoms with Gasteiger partial charge in [-0.25, -0.2) is 0 Å². The van der Waals surface area contributed by atoms with E-state index in [9.17, 15) is 96.4 Å². The van der Waals surface area contributed by atoms with Crippen molar-refractivity contribution >= 4 is 11.8 Å². The molecule has 32 nitrogen and oxygen atoms in total. The smallest absolute Gasteiger partial charge is 0.217 e. The van der Waals surface area contributed by atoms with Crippen LogP contribution in [0.5, 0.6) is 0 Å². The summed E-state index contributed by atoms with van der Waals surface area (Å²) in [6.07, 6.45) is -52.3. The Kier molecular flexibility index (Phi) is 20.8. The molecule has 0 bridgehead atoms. The Hall–Kier alpha value is -2.18. The molecular weight excluding hydrogens is 988 g/mol. The van der Waals surface area contributed by atoms with E-state index in [1.807, 2.05) is 0 Å². The van der Waals surface area contributed by atoms with E-state index in [4.69, 9.17) is 52.1 Å². The molecular formula is C40H68N2O30. The van der Waals surface area contributed by atoms with Crippen LogP contribution >= 0.6 is 0 Å². The van der Waals surface area contributed by atoms with Crippen LogP contribution < -0.4 is 10.6 Å². The maximum Gasteiger partial charge on any atom is 0.217 e. The molecule has 1 unspecified atom stereocenters. The van der Waals surface area contributed by atoms with E-state index in [1.165, 1.54) is 6.92 Å². The number of hydrogen-bond acceptors (Lipinski definition) is 30. The number of ether oxygens (including phenoxy) is 11. The fourth-order valence-corrected chi connectivity index (χ4v) is 9.24. The van der Waals surface area contributed by atoms with Crippen molar-refractivity contribution in [1.82, 2.24) is 10.6 Å². The molecule has 6 saturated heterocycles. The Morgan fingerprint density at radius 2 is 0.750 bits per heavy atom. The Labute approximate surface area is 408 Å². The fraction of sp³-hybridized carbons (Fsp3) is 0.950. The van der Waals surface area contributed by atoms with Crippen LogP contribution in [0.1, 0.15) is 20.8 Å². The van der Waals surface area contributed by atoms with Gasteiger partial charge in [-0.05, 0) is 6.92 Å². The molecule has 0 aromatic heterocycles. The van der Waals surface area contributed by atoms with E-state index >= 15 is 0 Å². The molecule has 418 valence electrons. The number of aliphatic hydroxyl groups is 17. The van der Waals surface area contributed by atoms with Crippen LogP contribution in [-0.2, 0) is 61.7 Å². The summed E-state index contributed by atoms with van der Waals surface area (Å²) in [7, 11) is 0. The van der Waals surface area contributed by atoms with Gasteiger partial charge in [0.1, 0.15) is 140 Å². The lowest BCUT2D eigenvalue weighted by Crippen LogP contribution is -2.70. The lowest BCUT2D eigenvalue weighted by Gasteiger charge is -2.51. The first-order chi connectivity index (χ1) is 34.0. The summed E-state index contributed by atoms with van der Waals surface area (Å²) in [5.41, 5.74) is 0. The molecule has 0 aromatic carbocycles. The Bertz CT molecular complexity index is 1730. The molecule has 6 rings (SSSR count). The normalized spacial score (nSPS) is 50.3. The third kappa shape index (κ3) is 12.5. The lowest BCUT2D eigenvalue weighted by molar-refractivity contribution is -0.392. The highest BCUT2D eigenvalue weighted by molar-refractivity contribution is 5.73. The number of nitrogens with one attached hydrogen (secondary N) is 2. The van der Waals surface area contributed by atoms with Crippen molar-refractivity contribution in [2.45, 2.75) is 205 Å². The molecule has 19 N–H and O–H groups in total. The predicted molar refractivity (Wildman–Crippen MR) is 221 cm³/mol. The molecule has 6 aliphatic rings. The third-order valence-electron chi connectivity index (χ3n) is 13.2. The van der Waals surface area contributed by atoms with Gasteiger partial charge in [0.25, 0.3) is 0 Å². The first-order valence-electron chi connectivity index (χ1n) is 23.0. The highest BCUT2D eigenvalue weighted by Gasteiger charge is 2.58. The Morgan fingerprint density at radius 1 is 0.361 bits per heavy atom. The first-order valence-corrected chi connectivity index (χ1v) is 23.0. The van der Waals surface area contributed by atoms with Crippen LogP contribution in [0.2, 0.25) is 0 Å². The molecule has 0 radical (unpaired) electrons. The minimum absolute atomic E-state index is 0.700. The Morgan fingerprint density at radius 3 is 1.32 bits per heavy atom. The number of amides is 2. The van der Waals surface area contributed by atoms with Gasteiger partial charge in [0.05, 0.1) is 39.1 Å². The molecule has 0 aliphatic carbocycles. The number of carbonyl (C=O) groups is 2. The summed E-state index contributed by atoms with van der Waals surface area (Å²) in [6.45, 7) is -1.50. The fourth-order valence-electron chi connectivity index (χ4n) is 9.24. The molecule has 0 aromatic rings. The topological polar surface area (TPSA) is 504 Å². The van der Waals surface area contributed by atoms with E-state index in [0.717, 1.165) is 13.8 Å². The molecule has 72 heavy (non-hydrogen) atoms. The molecule has 32 heteroatoms. The monoisotopic (exact) mass is 1060 g/mol. The van der Waals surface area contributed by atoms with Crippen LogP contribution in [0, 0.1) is 0 Å². The largest absolute Gasteiger partial charge is 0.394 e. The summed E-state index contributed by atoms with van der Waals surface area (Å²) < 4.78 is 63.0. The van der Waals surface area contributed by atoms with Gasteiger partial charge in [-0.2, -0.15) is 0 Å². The van der Waals surface area contributed by atoms with Gasteiger partial charge in [0.2, 0.25) is 11.8 Å². The first kappa shape index (κ1) is 59.1. The van der Waals surface area contributed by atoms with E-state index in [1.54, 1.807) is 0 Å². The second-order valence-electron chi connectivity index (χ2n) is 18.2. The van der Waals surface area contributed by atoms with Gasteiger partial charge in [0, 0.05) is 13.8 Å². The molecule has 0 saturated carbocycles. The zero-order valence-electron chi connectivity index (χ0n) is 38.8. The van der Waals surface area contributed by atoms with Crippen molar-refractivity contribution in [1.29, 1.82) is 0 Å². The van der Waals surface area contributed by atoms with E-state index in [0.29, 0.717) is 0 Å². The number of rotatable bonds is 17. The maximum absolute atomic E-state index is 12.8. The van der Waals surface area contributed by atoms with Gasteiger partial charge in [-0.3, -0.25) is 9.59 Å². The average molecular weight is 1060 g/mol. The molecule has 0 spiro atoms. The van der Waals surface area contributed by atoms with Gasteiger partial charge >= 0.3 is 0 Å².